The lowest BCUT2D eigenvalue weighted by molar-refractivity contribution is -0.139. The summed E-state index contributed by atoms with van der Waals surface area (Å²) in [6.07, 6.45) is 0. The molecule has 0 atom stereocenters. The Balaban J connectivity index is 1.90. The van der Waals surface area contributed by atoms with Gasteiger partial charge in [0.15, 0.2) is 0 Å². The van der Waals surface area contributed by atoms with E-state index in [1.165, 1.54) is 7.11 Å². The van der Waals surface area contributed by atoms with Gasteiger partial charge in [0.05, 0.1) is 7.11 Å². The van der Waals surface area contributed by atoms with Crippen molar-refractivity contribution in [1.82, 2.24) is 5.32 Å². The number of nitrogens with one attached hydrogen (secondary N) is 3. The minimum atomic E-state index is -0.528. The third-order valence-corrected chi connectivity index (χ3v) is 3.30. The summed E-state index contributed by atoms with van der Waals surface area (Å²) in [5, 5.41) is 7.84. The van der Waals surface area contributed by atoms with Crippen LogP contribution in [-0.2, 0) is 9.53 Å². The normalized spacial score (nSPS) is 9.84. The van der Waals surface area contributed by atoms with E-state index >= 15 is 0 Å². The van der Waals surface area contributed by atoms with Crippen LogP contribution in [0, 0.1) is 6.92 Å². The smallest absolute Gasteiger partial charge is 0.325 e. The lowest BCUT2D eigenvalue weighted by Gasteiger charge is -2.09. The van der Waals surface area contributed by atoms with Crippen LogP contribution in [-0.4, -0.2) is 31.6 Å². The van der Waals surface area contributed by atoms with E-state index in [0.29, 0.717) is 16.9 Å². The van der Waals surface area contributed by atoms with E-state index in [1.807, 2.05) is 25.1 Å². The predicted octanol–water partition coefficient (Wildman–Crippen LogP) is 2.54. The number of esters is 1. The second kappa shape index (κ2) is 8.49. The van der Waals surface area contributed by atoms with Crippen LogP contribution in [0.1, 0.15) is 15.9 Å². The van der Waals surface area contributed by atoms with E-state index in [9.17, 15) is 14.4 Å². The van der Waals surface area contributed by atoms with Gasteiger partial charge in [-0.15, -0.1) is 0 Å². The Hall–Kier alpha value is -3.35. The molecule has 7 nitrogen and oxygen atoms in total. The summed E-state index contributed by atoms with van der Waals surface area (Å²) in [7, 11) is 1.25. The molecule has 130 valence electrons. The molecule has 2 aromatic carbocycles. The van der Waals surface area contributed by atoms with Crippen LogP contribution >= 0.6 is 0 Å². The highest BCUT2D eigenvalue weighted by molar-refractivity contribution is 6.00. The van der Waals surface area contributed by atoms with Gasteiger partial charge in [-0.3, -0.25) is 9.59 Å². The van der Waals surface area contributed by atoms with Gasteiger partial charge in [-0.1, -0.05) is 12.1 Å². The predicted molar refractivity (Wildman–Crippen MR) is 94.6 cm³/mol. The fourth-order valence-electron chi connectivity index (χ4n) is 2.05. The maximum atomic E-state index is 12.0. The molecule has 0 spiro atoms. The number of hydrogen-bond acceptors (Lipinski definition) is 4. The second-order valence-corrected chi connectivity index (χ2v) is 5.28. The molecule has 3 N–H and O–H groups in total. The molecule has 0 bridgehead atoms. The fourth-order valence-corrected chi connectivity index (χ4v) is 2.05. The minimum Gasteiger partial charge on any atom is -0.468 e. The number of ether oxygens (including phenoxy) is 1. The van der Waals surface area contributed by atoms with Crippen molar-refractivity contribution in [1.29, 1.82) is 0 Å². The van der Waals surface area contributed by atoms with Gasteiger partial charge in [0.25, 0.3) is 5.91 Å². The zero-order valence-corrected chi connectivity index (χ0v) is 14.0. The standard InChI is InChI=1S/C18H19N3O4/c1-12-4-3-5-15(10-12)21-18(24)20-14-8-6-13(7-9-14)17(23)19-11-16(22)25-2/h3-10H,11H2,1-2H3,(H,19,23)(H2,20,21,24). The van der Waals surface area contributed by atoms with E-state index in [1.54, 1.807) is 30.3 Å². The zero-order valence-electron chi connectivity index (χ0n) is 14.0. The summed E-state index contributed by atoms with van der Waals surface area (Å²) in [6.45, 7) is 1.74. The molecule has 0 saturated carbocycles. The first-order valence-corrected chi connectivity index (χ1v) is 7.57. The molecule has 0 aliphatic carbocycles. The van der Waals surface area contributed by atoms with Crippen molar-refractivity contribution < 1.29 is 19.1 Å². The molecule has 0 radical (unpaired) electrons. The molecule has 7 heteroatoms. The van der Waals surface area contributed by atoms with Crippen molar-refractivity contribution in [2.45, 2.75) is 6.92 Å². The van der Waals surface area contributed by atoms with Crippen LogP contribution in [0.2, 0.25) is 0 Å². The summed E-state index contributed by atoms with van der Waals surface area (Å²) < 4.78 is 4.45. The fraction of sp³-hybridized carbons (Fsp3) is 0.167. The topological polar surface area (TPSA) is 96.5 Å². The number of anilines is 2. The first-order chi connectivity index (χ1) is 12.0. The summed E-state index contributed by atoms with van der Waals surface area (Å²) >= 11 is 0. The molecule has 0 heterocycles. The Morgan fingerprint density at radius 2 is 1.64 bits per heavy atom. The number of urea groups is 1. The van der Waals surface area contributed by atoms with Crippen molar-refractivity contribution in [3.8, 4) is 0 Å². The molecule has 0 saturated heterocycles. The number of hydrogen-bond donors (Lipinski definition) is 3. The largest absolute Gasteiger partial charge is 0.468 e. The molecule has 0 fully saturated rings. The van der Waals surface area contributed by atoms with Crippen LogP contribution in [0.5, 0.6) is 0 Å². The van der Waals surface area contributed by atoms with E-state index in [4.69, 9.17) is 0 Å². The second-order valence-electron chi connectivity index (χ2n) is 5.28. The molecule has 0 aromatic heterocycles. The van der Waals surface area contributed by atoms with Crippen LogP contribution in [0.15, 0.2) is 48.5 Å². The van der Waals surface area contributed by atoms with Crippen molar-refractivity contribution in [2.75, 3.05) is 24.3 Å². The average molecular weight is 341 g/mol. The summed E-state index contributed by atoms with van der Waals surface area (Å²) in [4.78, 5) is 34.8. The van der Waals surface area contributed by atoms with Crippen molar-refractivity contribution in [3.63, 3.8) is 0 Å². The van der Waals surface area contributed by atoms with E-state index < -0.39 is 11.9 Å². The maximum absolute atomic E-state index is 12.0. The van der Waals surface area contributed by atoms with E-state index in [2.05, 4.69) is 20.7 Å². The third kappa shape index (κ3) is 5.65. The van der Waals surface area contributed by atoms with Gasteiger partial charge in [0.2, 0.25) is 0 Å². The number of methoxy groups -OCH3 is 1. The maximum Gasteiger partial charge on any atom is 0.325 e. The monoisotopic (exact) mass is 341 g/mol. The summed E-state index contributed by atoms with van der Waals surface area (Å²) in [5.74, 6) is -0.930. The van der Waals surface area contributed by atoms with Crippen LogP contribution in [0.4, 0.5) is 16.2 Å². The van der Waals surface area contributed by atoms with Gasteiger partial charge in [-0.2, -0.15) is 0 Å². The molecule has 25 heavy (non-hydrogen) atoms. The molecular formula is C18H19N3O4. The van der Waals surface area contributed by atoms with Crippen LogP contribution < -0.4 is 16.0 Å². The lowest BCUT2D eigenvalue weighted by atomic mass is 10.2. The van der Waals surface area contributed by atoms with Gasteiger partial charge < -0.3 is 20.7 Å². The zero-order chi connectivity index (χ0) is 18.2. The van der Waals surface area contributed by atoms with Crippen molar-refractivity contribution >= 4 is 29.3 Å². The van der Waals surface area contributed by atoms with Crippen molar-refractivity contribution in [3.05, 3.63) is 59.7 Å². The molecule has 0 aliphatic heterocycles. The van der Waals surface area contributed by atoms with Gasteiger partial charge in [-0.25, -0.2) is 4.79 Å². The Morgan fingerprint density at radius 3 is 2.28 bits per heavy atom. The van der Waals surface area contributed by atoms with Crippen molar-refractivity contribution in [2.24, 2.45) is 0 Å². The first kappa shape index (κ1) is 18.0. The molecular weight excluding hydrogens is 322 g/mol. The molecule has 0 aliphatic rings. The molecule has 0 unspecified atom stereocenters. The Kier molecular flexibility index (Phi) is 6.11. The highest BCUT2D eigenvalue weighted by Crippen LogP contribution is 2.12. The van der Waals surface area contributed by atoms with Gasteiger partial charge >= 0.3 is 12.0 Å². The lowest BCUT2D eigenvalue weighted by Crippen LogP contribution is -2.30. The van der Waals surface area contributed by atoms with Gasteiger partial charge in [0, 0.05) is 16.9 Å². The SMILES string of the molecule is COC(=O)CNC(=O)c1ccc(NC(=O)Nc2cccc(C)c2)cc1. The van der Waals surface area contributed by atoms with Gasteiger partial charge in [-0.05, 0) is 48.9 Å². The molecule has 3 amide bonds. The number of carbonyl (C=O) groups excluding carboxylic acids is 3. The first-order valence-electron chi connectivity index (χ1n) is 7.57. The number of rotatable bonds is 5. The highest BCUT2D eigenvalue weighted by Gasteiger charge is 2.09. The van der Waals surface area contributed by atoms with Crippen LogP contribution in [0.25, 0.3) is 0 Å². The number of benzene rings is 2. The average Bonchev–Trinajstić information content (AvgIpc) is 2.59. The Bertz CT molecular complexity index is 772. The summed E-state index contributed by atoms with van der Waals surface area (Å²) in [6, 6.07) is 13.4. The quantitative estimate of drug-likeness (QED) is 0.728. The number of aryl methyl sites for hydroxylation is 1. The highest BCUT2D eigenvalue weighted by atomic mass is 16.5. The third-order valence-electron chi connectivity index (χ3n) is 3.30. The number of amides is 3. The Labute approximate surface area is 145 Å². The van der Waals surface area contributed by atoms with E-state index in [-0.39, 0.29) is 12.6 Å². The molecule has 2 rings (SSSR count). The summed E-state index contributed by atoms with van der Waals surface area (Å²) in [5.41, 5.74) is 2.64. The number of carbonyl (C=O) groups is 3. The minimum absolute atomic E-state index is 0.200. The van der Waals surface area contributed by atoms with E-state index in [0.717, 1.165) is 5.56 Å². The van der Waals surface area contributed by atoms with Crippen LogP contribution in [0.3, 0.4) is 0 Å². The van der Waals surface area contributed by atoms with Gasteiger partial charge in [0.1, 0.15) is 6.54 Å². The molecule has 2 aromatic rings. The Morgan fingerprint density at radius 1 is 0.960 bits per heavy atom.